The summed E-state index contributed by atoms with van der Waals surface area (Å²) in [6.07, 6.45) is 1.85. The van der Waals surface area contributed by atoms with Crippen molar-refractivity contribution in [1.29, 1.82) is 0 Å². The van der Waals surface area contributed by atoms with Crippen LogP contribution in [0.1, 0.15) is 15.9 Å². The minimum atomic E-state index is -0.111. The first-order valence-corrected chi connectivity index (χ1v) is 10.9. The van der Waals surface area contributed by atoms with Gasteiger partial charge in [-0.1, -0.05) is 54.3 Å². The van der Waals surface area contributed by atoms with Gasteiger partial charge < -0.3 is 15.0 Å². The van der Waals surface area contributed by atoms with Crippen LogP contribution in [0.3, 0.4) is 0 Å². The summed E-state index contributed by atoms with van der Waals surface area (Å²) in [6.45, 7) is 2.66. The van der Waals surface area contributed by atoms with E-state index in [0.29, 0.717) is 41.1 Å². The highest BCUT2D eigenvalue weighted by Crippen LogP contribution is 2.32. The Morgan fingerprint density at radius 3 is 2.50 bits per heavy atom. The first-order valence-electron chi connectivity index (χ1n) is 9.63. The van der Waals surface area contributed by atoms with E-state index in [4.69, 9.17) is 17.0 Å². The lowest BCUT2D eigenvalue weighted by Crippen LogP contribution is -2.40. The molecule has 4 rings (SSSR count). The van der Waals surface area contributed by atoms with Gasteiger partial charge in [0.1, 0.15) is 4.32 Å². The molecule has 0 aliphatic carbocycles. The smallest absolute Gasteiger partial charge is 0.267 e. The molecule has 0 bridgehead atoms. The largest absolute Gasteiger partial charge is 0.378 e. The Hall–Kier alpha value is -2.68. The van der Waals surface area contributed by atoms with Crippen molar-refractivity contribution in [2.24, 2.45) is 0 Å². The molecule has 30 heavy (non-hydrogen) atoms. The predicted molar refractivity (Wildman–Crippen MR) is 123 cm³/mol. The summed E-state index contributed by atoms with van der Waals surface area (Å²) in [6, 6.07) is 17.0. The third kappa shape index (κ3) is 4.72. The highest BCUT2D eigenvalue weighted by Gasteiger charge is 2.31. The Bertz CT molecular complexity index is 971. The Balaban J connectivity index is 1.36. The maximum absolute atomic E-state index is 12.7. The van der Waals surface area contributed by atoms with Crippen LogP contribution < -0.4 is 5.32 Å². The summed E-state index contributed by atoms with van der Waals surface area (Å²) in [5, 5.41) is 3.21. The van der Waals surface area contributed by atoms with E-state index in [1.807, 2.05) is 48.5 Å². The van der Waals surface area contributed by atoms with Crippen LogP contribution >= 0.6 is 24.0 Å². The number of nitrogens with one attached hydrogen (secondary N) is 1. The summed E-state index contributed by atoms with van der Waals surface area (Å²) < 4.78 is 5.81. The van der Waals surface area contributed by atoms with Crippen LogP contribution in [0.5, 0.6) is 0 Å². The molecular formula is C22H21N3O3S2. The van der Waals surface area contributed by atoms with Crippen LogP contribution in [-0.2, 0) is 9.53 Å². The molecule has 0 spiro atoms. The molecule has 2 aliphatic heterocycles. The molecule has 2 heterocycles. The second-order valence-electron chi connectivity index (χ2n) is 6.84. The van der Waals surface area contributed by atoms with Crippen molar-refractivity contribution in [2.45, 2.75) is 0 Å². The number of hydrogen-bond donors (Lipinski definition) is 1. The summed E-state index contributed by atoms with van der Waals surface area (Å²) >= 11 is 6.68. The lowest BCUT2D eigenvalue weighted by molar-refractivity contribution is -0.121. The van der Waals surface area contributed by atoms with Crippen LogP contribution in [0, 0.1) is 0 Å². The first-order chi connectivity index (χ1) is 14.6. The van der Waals surface area contributed by atoms with E-state index in [0.717, 1.165) is 11.3 Å². The van der Waals surface area contributed by atoms with Gasteiger partial charge in [-0.15, -0.1) is 0 Å². The van der Waals surface area contributed by atoms with Gasteiger partial charge in [0.05, 0.1) is 24.8 Å². The van der Waals surface area contributed by atoms with Gasteiger partial charge in [0.15, 0.2) is 0 Å². The number of carbonyl (C=O) groups is 2. The fourth-order valence-electron chi connectivity index (χ4n) is 3.19. The average Bonchev–Trinajstić information content (AvgIpc) is 3.05. The van der Waals surface area contributed by atoms with E-state index in [9.17, 15) is 9.59 Å². The lowest BCUT2D eigenvalue weighted by atomic mass is 10.1. The van der Waals surface area contributed by atoms with Crippen LogP contribution in [-0.4, -0.2) is 58.9 Å². The number of benzene rings is 2. The Kier molecular flexibility index (Phi) is 6.47. The standard InChI is InChI=1S/C22H21N3O3S2/c26-20(24-10-12-28-13-11-24)17-6-8-18(9-7-17)23-15-25-21(27)19(30-22(25)29)14-16-4-2-1-3-5-16/h1-9,14,23H,10-13,15H2/b19-14+. The normalized spacial score (nSPS) is 18.2. The van der Waals surface area contributed by atoms with Crippen molar-refractivity contribution in [3.05, 3.63) is 70.6 Å². The number of morpholine rings is 1. The Labute approximate surface area is 184 Å². The summed E-state index contributed by atoms with van der Waals surface area (Å²) in [7, 11) is 0. The van der Waals surface area contributed by atoms with Gasteiger partial charge in [0, 0.05) is 24.3 Å². The first kappa shape index (κ1) is 20.6. The van der Waals surface area contributed by atoms with E-state index in [-0.39, 0.29) is 18.5 Å². The molecule has 2 aromatic carbocycles. The lowest BCUT2D eigenvalue weighted by Gasteiger charge is -2.27. The molecule has 1 N–H and O–H groups in total. The number of hydrogen-bond acceptors (Lipinski definition) is 6. The maximum Gasteiger partial charge on any atom is 0.267 e. The number of thiocarbonyl (C=S) groups is 1. The second-order valence-corrected chi connectivity index (χ2v) is 8.51. The molecule has 2 saturated heterocycles. The maximum atomic E-state index is 12.7. The van der Waals surface area contributed by atoms with Gasteiger partial charge in [-0.05, 0) is 35.9 Å². The minimum absolute atomic E-state index is 0.00726. The molecular weight excluding hydrogens is 418 g/mol. The molecule has 0 saturated carbocycles. The third-order valence-electron chi connectivity index (χ3n) is 4.84. The number of nitrogens with zero attached hydrogens (tertiary/aromatic N) is 2. The van der Waals surface area contributed by atoms with Crippen molar-refractivity contribution in [2.75, 3.05) is 38.3 Å². The van der Waals surface area contributed by atoms with E-state index in [2.05, 4.69) is 5.32 Å². The number of amides is 2. The number of anilines is 1. The van der Waals surface area contributed by atoms with Crippen molar-refractivity contribution in [3.63, 3.8) is 0 Å². The monoisotopic (exact) mass is 439 g/mol. The SMILES string of the molecule is O=C(c1ccc(NCN2C(=O)/C(=C\c3ccccc3)SC2=S)cc1)N1CCOCC1. The fraction of sp³-hybridized carbons (Fsp3) is 0.227. The quantitative estimate of drug-likeness (QED) is 0.569. The molecule has 2 aromatic rings. The topological polar surface area (TPSA) is 61.9 Å². The third-order valence-corrected chi connectivity index (χ3v) is 6.22. The zero-order chi connectivity index (χ0) is 20.9. The van der Waals surface area contributed by atoms with Crippen molar-refractivity contribution in [3.8, 4) is 0 Å². The second kappa shape index (κ2) is 9.42. The van der Waals surface area contributed by atoms with Gasteiger partial charge in [0.2, 0.25) is 0 Å². The van der Waals surface area contributed by atoms with Gasteiger partial charge in [-0.2, -0.15) is 0 Å². The summed E-state index contributed by atoms with van der Waals surface area (Å²) in [5.41, 5.74) is 2.42. The highest BCUT2D eigenvalue weighted by molar-refractivity contribution is 8.26. The molecule has 2 aliphatic rings. The average molecular weight is 440 g/mol. The number of carbonyl (C=O) groups excluding carboxylic acids is 2. The van der Waals surface area contributed by atoms with Gasteiger partial charge >= 0.3 is 0 Å². The fourth-order valence-corrected chi connectivity index (χ4v) is 4.44. The molecule has 0 radical (unpaired) electrons. The summed E-state index contributed by atoms with van der Waals surface area (Å²) in [5.74, 6) is -0.103. The van der Waals surface area contributed by atoms with Crippen molar-refractivity contribution in [1.82, 2.24) is 9.80 Å². The number of ether oxygens (including phenoxy) is 1. The van der Waals surface area contributed by atoms with Gasteiger partial charge in [0.25, 0.3) is 11.8 Å². The predicted octanol–water partition coefficient (Wildman–Crippen LogP) is 3.43. The Morgan fingerprint density at radius 2 is 1.80 bits per heavy atom. The molecule has 0 atom stereocenters. The van der Waals surface area contributed by atoms with Gasteiger partial charge in [-0.3, -0.25) is 14.5 Å². The van der Waals surface area contributed by atoms with E-state index >= 15 is 0 Å². The molecule has 0 aromatic heterocycles. The van der Waals surface area contributed by atoms with Crippen LogP contribution in [0.25, 0.3) is 6.08 Å². The van der Waals surface area contributed by atoms with E-state index in [1.54, 1.807) is 21.9 Å². The van der Waals surface area contributed by atoms with Gasteiger partial charge in [-0.25, -0.2) is 0 Å². The number of rotatable bonds is 5. The molecule has 8 heteroatoms. The van der Waals surface area contributed by atoms with Crippen molar-refractivity contribution >= 4 is 51.9 Å². The molecule has 6 nitrogen and oxygen atoms in total. The van der Waals surface area contributed by atoms with E-state index in [1.165, 1.54) is 11.8 Å². The number of thioether (sulfide) groups is 1. The van der Waals surface area contributed by atoms with Crippen LogP contribution in [0.2, 0.25) is 0 Å². The molecule has 2 fully saturated rings. The highest BCUT2D eigenvalue weighted by atomic mass is 32.2. The Morgan fingerprint density at radius 1 is 1.10 bits per heavy atom. The van der Waals surface area contributed by atoms with E-state index < -0.39 is 0 Å². The molecule has 0 unspecified atom stereocenters. The zero-order valence-corrected chi connectivity index (χ0v) is 17.9. The zero-order valence-electron chi connectivity index (χ0n) is 16.2. The van der Waals surface area contributed by atoms with Crippen LogP contribution in [0.15, 0.2) is 59.5 Å². The molecule has 154 valence electrons. The minimum Gasteiger partial charge on any atom is -0.378 e. The summed E-state index contributed by atoms with van der Waals surface area (Å²) in [4.78, 5) is 29.2. The van der Waals surface area contributed by atoms with Crippen LogP contribution in [0.4, 0.5) is 5.69 Å². The van der Waals surface area contributed by atoms with Crippen molar-refractivity contribution < 1.29 is 14.3 Å². The molecule has 2 amide bonds.